The number of halogens is 2. The van der Waals surface area contributed by atoms with Gasteiger partial charge in [-0.1, -0.05) is 36.2 Å². The van der Waals surface area contributed by atoms with Gasteiger partial charge in [0.25, 0.3) is 0 Å². The molecule has 5 rings (SSSR count). The van der Waals surface area contributed by atoms with Gasteiger partial charge >= 0.3 is 5.97 Å². The summed E-state index contributed by atoms with van der Waals surface area (Å²) in [4.78, 5) is 24.8. The van der Waals surface area contributed by atoms with Gasteiger partial charge in [-0.2, -0.15) is 10.2 Å². The molecule has 0 saturated heterocycles. The monoisotopic (exact) mass is 565 g/mol. The van der Waals surface area contributed by atoms with Gasteiger partial charge in [0.05, 0.1) is 36.2 Å². The molecule has 200 valence electrons. The zero-order valence-corrected chi connectivity index (χ0v) is 22.8. The number of ether oxygens (including phenoxy) is 2. The van der Waals surface area contributed by atoms with E-state index in [0.29, 0.717) is 55.4 Å². The SMILES string of the molecule is CC(COc1cccc(-c2nc3c(OC4(C)CC4)ncnc3n2Cc2cc(Cl)ccc2C#N)c1Cl)CC(=O)O. The molecule has 0 aliphatic heterocycles. The first-order valence-electron chi connectivity index (χ1n) is 12.4. The maximum absolute atomic E-state index is 11.0. The number of rotatable bonds is 10. The summed E-state index contributed by atoms with van der Waals surface area (Å²) < 4.78 is 13.9. The first-order chi connectivity index (χ1) is 18.7. The van der Waals surface area contributed by atoms with E-state index in [-0.39, 0.29) is 31.1 Å². The molecule has 2 aromatic heterocycles. The van der Waals surface area contributed by atoms with E-state index in [0.717, 1.165) is 12.8 Å². The highest BCUT2D eigenvalue weighted by Gasteiger charge is 2.41. The van der Waals surface area contributed by atoms with Crippen molar-refractivity contribution in [2.75, 3.05) is 6.61 Å². The number of carboxylic acids is 1. The lowest BCUT2D eigenvalue weighted by Gasteiger charge is -2.15. The van der Waals surface area contributed by atoms with E-state index in [1.165, 1.54) is 6.33 Å². The molecule has 0 radical (unpaired) electrons. The fourth-order valence-electron chi connectivity index (χ4n) is 4.21. The summed E-state index contributed by atoms with van der Waals surface area (Å²) in [6, 6.07) is 12.6. The molecule has 39 heavy (non-hydrogen) atoms. The average Bonchev–Trinajstić information content (AvgIpc) is 3.51. The molecule has 1 unspecified atom stereocenters. The Bertz CT molecular complexity index is 1610. The molecule has 1 aliphatic carbocycles. The molecule has 1 N–H and O–H groups in total. The van der Waals surface area contributed by atoms with E-state index in [9.17, 15) is 10.1 Å². The number of nitriles is 1. The Balaban J connectivity index is 1.62. The smallest absolute Gasteiger partial charge is 0.303 e. The Labute approximate surface area is 234 Å². The molecule has 11 heteroatoms. The summed E-state index contributed by atoms with van der Waals surface area (Å²) in [7, 11) is 0. The normalized spacial score (nSPS) is 14.5. The highest BCUT2D eigenvalue weighted by molar-refractivity contribution is 6.34. The third-order valence-electron chi connectivity index (χ3n) is 6.56. The van der Waals surface area contributed by atoms with Crippen molar-refractivity contribution in [1.82, 2.24) is 19.5 Å². The molecule has 1 saturated carbocycles. The van der Waals surface area contributed by atoms with Gasteiger partial charge < -0.3 is 19.1 Å². The van der Waals surface area contributed by atoms with Crippen LogP contribution in [-0.4, -0.2) is 42.8 Å². The lowest BCUT2D eigenvalue weighted by Crippen LogP contribution is -2.13. The Morgan fingerprint density at radius 2 is 2.05 bits per heavy atom. The van der Waals surface area contributed by atoms with Crippen molar-refractivity contribution in [2.45, 2.75) is 45.3 Å². The summed E-state index contributed by atoms with van der Waals surface area (Å²) in [5, 5.41) is 19.6. The maximum atomic E-state index is 11.0. The third kappa shape index (κ3) is 5.77. The summed E-state index contributed by atoms with van der Waals surface area (Å²) in [6.07, 6.45) is 3.26. The van der Waals surface area contributed by atoms with Crippen LogP contribution in [0.1, 0.15) is 44.2 Å². The number of benzene rings is 2. The van der Waals surface area contributed by atoms with Crippen molar-refractivity contribution in [1.29, 1.82) is 5.26 Å². The summed E-state index contributed by atoms with van der Waals surface area (Å²) in [5.74, 6) is 0.153. The Morgan fingerprint density at radius 1 is 1.26 bits per heavy atom. The van der Waals surface area contributed by atoms with Gasteiger partial charge in [-0.05, 0) is 55.7 Å². The Hall–Kier alpha value is -3.87. The summed E-state index contributed by atoms with van der Waals surface area (Å²) >= 11 is 13.1. The number of carbonyl (C=O) groups is 1. The lowest BCUT2D eigenvalue weighted by atomic mass is 10.1. The van der Waals surface area contributed by atoms with E-state index >= 15 is 0 Å². The van der Waals surface area contributed by atoms with Gasteiger partial charge in [-0.15, -0.1) is 0 Å². The molecule has 1 fully saturated rings. The van der Waals surface area contributed by atoms with Gasteiger partial charge in [0.2, 0.25) is 5.88 Å². The van der Waals surface area contributed by atoms with E-state index in [1.54, 1.807) is 37.3 Å². The van der Waals surface area contributed by atoms with Gasteiger partial charge in [-0.3, -0.25) is 4.79 Å². The lowest BCUT2D eigenvalue weighted by molar-refractivity contribution is -0.138. The molecule has 2 aromatic carbocycles. The number of carboxylic acid groups (broad SMARTS) is 1. The largest absolute Gasteiger partial charge is 0.492 e. The predicted octanol–water partition coefficient (Wildman–Crippen LogP) is 6.14. The van der Waals surface area contributed by atoms with Crippen LogP contribution in [0, 0.1) is 17.2 Å². The molecular weight excluding hydrogens is 541 g/mol. The molecule has 9 nitrogen and oxygen atoms in total. The molecule has 0 spiro atoms. The van der Waals surface area contributed by atoms with Gasteiger partial charge in [0.1, 0.15) is 23.5 Å². The minimum absolute atomic E-state index is 0.0195. The number of aliphatic carboxylic acids is 1. The molecule has 2 heterocycles. The fourth-order valence-corrected chi connectivity index (χ4v) is 4.67. The second-order valence-corrected chi connectivity index (χ2v) is 10.8. The number of nitrogens with zero attached hydrogens (tertiary/aromatic N) is 5. The number of hydrogen-bond acceptors (Lipinski definition) is 7. The van der Waals surface area contributed by atoms with Crippen LogP contribution in [0.5, 0.6) is 11.6 Å². The van der Waals surface area contributed by atoms with Gasteiger partial charge in [0.15, 0.2) is 11.2 Å². The third-order valence-corrected chi connectivity index (χ3v) is 7.19. The number of fused-ring (bicyclic) bond motifs is 1. The first kappa shape index (κ1) is 26.7. The van der Waals surface area contributed by atoms with Crippen LogP contribution in [0.4, 0.5) is 0 Å². The molecule has 0 bridgehead atoms. The number of hydrogen-bond donors (Lipinski definition) is 1. The molecule has 0 amide bonds. The van der Waals surface area contributed by atoms with Crippen LogP contribution < -0.4 is 9.47 Å². The van der Waals surface area contributed by atoms with Crippen molar-refractivity contribution in [3.8, 4) is 29.1 Å². The second kappa shape index (κ2) is 10.7. The minimum atomic E-state index is -0.892. The van der Waals surface area contributed by atoms with Crippen LogP contribution in [0.15, 0.2) is 42.7 Å². The topological polar surface area (TPSA) is 123 Å². The van der Waals surface area contributed by atoms with Crippen LogP contribution >= 0.6 is 23.2 Å². The van der Waals surface area contributed by atoms with E-state index in [1.807, 2.05) is 17.6 Å². The molecule has 1 aliphatic rings. The van der Waals surface area contributed by atoms with E-state index < -0.39 is 5.97 Å². The van der Waals surface area contributed by atoms with Crippen molar-refractivity contribution in [3.05, 3.63) is 63.9 Å². The van der Waals surface area contributed by atoms with Crippen LogP contribution in [0.3, 0.4) is 0 Å². The van der Waals surface area contributed by atoms with Crippen molar-refractivity contribution in [3.63, 3.8) is 0 Å². The van der Waals surface area contributed by atoms with E-state index in [2.05, 4.69) is 16.0 Å². The summed E-state index contributed by atoms with van der Waals surface area (Å²) in [5.41, 5.74) is 2.43. The minimum Gasteiger partial charge on any atom is -0.492 e. The Morgan fingerprint density at radius 3 is 2.77 bits per heavy atom. The fraction of sp³-hybridized carbons (Fsp3) is 0.321. The van der Waals surface area contributed by atoms with Crippen molar-refractivity contribution >= 4 is 40.3 Å². The molecular formula is C28H25Cl2N5O4. The molecule has 1 atom stereocenters. The highest BCUT2D eigenvalue weighted by Crippen LogP contribution is 2.42. The predicted molar refractivity (Wildman–Crippen MR) is 146 cm³/mol. The van der Waals surface area contributed by atoms with Gasteiger partial charge in [0, 0.05) is 16.5 Å². The van der Waals surface area contributed by atoms with Crippen LogP contribution in [0.2, 0.25) is 10.0 Å². The van der Waals surface area contributed by atoms with Gasteiger partial charge in [-0.25, -0.2) is 9.97 Å². The summed E-state index contributed by atoms with van der Waals surface area (Å²) in [6.45, 7) is 4.23. The molecule has 4 aromatic rings. The quantitative estimate of drug-likeness (QED) is 0.243. The average molecular weight is 566 g/mol. The number of aromatic nitrogens is 4. The first-order valence-corrected chi connectivity index (χ1v) is 13.2. The standard InChI is InChI=1S/C28H25Cl2N5O4/c1-16(10-22(36)37)14-38-21-5-3-4-20(23(21)30)25-34-24-26(32-15-33-27(24)39-28(2)8-9-28)35(25)13-18-11-19(29)7-6-17(18)12-31/h3-7,11,15-16H,8-10,13-14H2,1-2H3,(H,36,37). The van der Waals surface area contributed by atoms with Crippen molar-refractivity contribution in [2.24, 2.45) is 5.92 Å². The van der Waals surface area contributed by atoms with Crippen molar-refractivity contribution < 1.29 is 19.4 Å². The second-order valence-electron chi connectivity index (χ2n) is 9.97. The van der Waals surface area contributed by atoms with Crippen LogP contribution in [-0.2, 0) is 11.3 Å². The number of imidazole rings is 1. The zero-order valence-electron chi connectivity index (χ0n) is 21.3. The Kier molecular flexibility index (Phi) is 7.34. The maximum Gasteiger partial charge on any atom is 0.303 e. The van der Waals surface area contributed by atoms with Crippen LogP contribution in [0.25, 0.3) is 22.6 Å². The zero-order chi connectivity index (χ0) is 27.7. The van der Waals surface area contributed by atoms with E-state index in [4.69, 9.17) is 42.8 Å². The highest BCUT2D eigenvalue weighted by atomic mass is 35.5.